The molecule has 1 aliphatic rings. The molecule has 0 aliphatic carbocycles. The lowest BCUT2D eigenvalue weighted by atomic mass is 10.2. The fourth-order valence-electron chi connectivity index (χ4n) is 3.69. The van der Waals surface area contributed by atoms with Gasteiger partial charge in [-0.1, -0.05) is 18.2 Å². The Kier molecular flexibility index (Phi) is 6.12. The summed E-state index contributed by atoms with van der Waals surface area (Å²) < 4.78 is 33.6. The van der Waals surface area contributed by atoms with Crippen LogP contribution >= 0.6 is 11.3 Å². The highest BCUT2D eigenvalue weighted by Crippen LogP contribution is 2.27. The van der Waals surface area contributed by atoms with Crippen molar-refractivity contribution in [3.8, 4) is 0 Å². The standard InChI is InChI=1S/C21H23N3O5S2/c1-29-21(26)17-13-23(18-7-3-2-6-16(17)18)14-19(25)22-12-15-8-9-20(30-15)31(27,28)24-10-4-5-11-24/h2-3,6-9,13H,4-5,10-12,14H2,1H3,(H,22,25). The van der Waals surface area contributed by atoms with Crippen LogP contribution in [-0.4, -0.2) is 49.4 Å². The number of fused-ring (bicyclic) bond motifs is 1. The van der Waals surface area contributed by atoms with Gasteiger partial charge in [0.05, 0.1) is 19.2 Å². The number of esters is 1. The molecule has 0 unspecified atom stereocenters. The summed E-state index contributed by atoms with van der Waals surface area (Å²) in [5.74, 6) is -0.699. The molecular formula is C21H23N3O5S2. The van der Waals surface area contributed by atoms with Crippen molar-refractivity contribution in [1.29, 1.82) is 0 Å². The highest BCUT2D eigenvalue weighted by molar-refractivity contribution is 7.91. The van der Waals surface area contributed by atoms with Crippen molar-refractivity contribution in [3.05, 3.63) is 53.0 Å². The molecule has 164 valence electrons. The van der Waals surface area contributed by atoms with E-state index >= 15 is 0 Å². The van der Waals surface area contributed by atoms with Crippen molar-refractivity contribution in [3.63, 3.8) is 0 Å². The van der Waals surface area contributed by atoms with Gasteiger partial charge in [0.2, 0.25) is 5.91 Å². The Morgan fingerprint density at radius 2 is 1.87 bits per heavy atom. The quantitative estimate of drug-likeness (QED) is 0.546. The zero-order chi connectivity index (χ0) is 22.0. The largest absolute Gasteiger partial charge is 0.465 e. The molecule has 1 aliphatic heterocycles. The second-order valence-corrected chi connectivity index (χ2v) is 10.6. The van der Waals surface area contributed by atoms with Gasteiger partial charge in [0.15, 0.2) is 0 Å². The summed E-state index contributed by atoms with van der Waals surface area (Å²) >= 11 is 1.18. The molecule has 8 nitrogen and oxygen atoms in total. The summed E-state index contributed by atoms with van der Waals surface area (Å²) in [5, 5.41) is 3.54. The monoisotopic (exact) mass is 461 g/mol. The maximum absolute atomic E-state index is 12.6. The van der Waals surface area contributed by atoms with Crippen LogP contribution in [0, 0.1) is 0 Å². The van der Waals surface area contributed by atoms with Gasteiger partial charge in [0, 0.05) is 35.1 Å². The van der Waals surface area contributed by atoms with E-state index in [0.29, 0.717) is 22.9 Å². The first-order valence-electron chi connectivity index (χ1n) is 9.92. The molecule has 31 heavy (non-hydrogen) atoms. The van der Waals surface area contributed by atoms with Gasteiger partial charge in [0.25, 0.3) is 10.0 Å². The SMILES string of the molecule is COC(=O)c1cn(CC(=O)NCc2ccc(S(=O)(=O)N3CCCC3)s2)c2ccccc12. The molecule has 1 fully saturated rings. The van der Waals surface area contributed by atoms with Gasteiger partial charge in [-0.25, -0.2) is 13.2 Å². The van der Waals surface area contributed by atoms with Crippen molar-refractivity contribution in [2.75, 3.05) is 20.2 Å². The first kappa shape index (κ1) is 21.5. The summed E-state index contributed by atoms with van der Waals surface area (Å²) in [6.07, 6.45) is 3.39. The smallest absolute Gasteiger partial charge is 0.340 e. The number of carbonyl (C=O) groups is 2. The van der Waals surface area contributed by atoms with Crippen LogP contribution in [0.4, 0.5) is 0 Å². The van der Waals surface area contributed by atoms with Crippen LogP contribution < -0.4 is 5.32 Å². The Hall–Kier alpha value is -2.69. The number of para-hydroxylation sites is 1. The van der Waals surface area contributed by atoms with E-state index < -0.39 is 16.0 Å². The van der Waals surface area contributed by atoms with Crippen molar-refractivity contribution >= 4 is 44.1 Å². The van der Waals surface area contributed by atoms with E-state index in [9.17, 15) is 18.0 Å². The third-order valence-electron chi connectivity index (χ3n) is 5.26. The van der Waals surface area contributed by atoms with Crippen LogP contribution in [0.15, 0.2) is 46.8 Å². The summed E-state index contributed by atoms with van der Waals surface area (Å²) in [6.45, 7) is 1.39. The first-order valence-corrected chi connectivity index (χ1v) is 12.2. The number of ether oxygens (including phenoxy) is 1. The fourth-order valence-corrected chi connectivity index (χ4v) is 6.66. The maximum atomic E-state index is 12.6. The summed E-state index contributed by atoms with van der Waals surface area (Å²) in [6, 6.07) is 10.6. The number of sulfonamides is 1. The zero-order valence-electron chi connectivity index (χ0n) is 17.0. The minimum absolute atomic E-state index is 0.0296. The minimum atomic E-state index is -3.45. The van der Waals surface area contributed by atoms with Crippen molar-refractivity contribution in [2.45, 2.75) is 30.1 Å². The maximum Gasteiger partial charge on any atom is 0.340 e. The molecule has 2 aromatic heterocycles. The Morgan fingerprint density at radius 1 is 1.13 bits per heavy atom. The molecule has 4 rings (SSSR count). The number of rotatable bonds is 7. The Bertz CT molecular complexity index is 1220. The topological polar surface area (TPSA) is 97.7 Å². The molecule has 10 heteroatoms. The predicted molar refractivity (Wildman–Crippen MR) is 117 cm³/mol. The average molecular weight is 462 g/mol. The molecule has 0 spiro atoms. The highest BCUT2D eigenvalue weighted by atomic mass is 32.2. The number of benzene rings is 1. The van der Waals surface area contributed by atoms with Gasteiger partial charge in [-0.3, -0.25) is 4.79 Å². The third-order valence-corrected chi connectivity index (χ3v) is 8.72. The van der Waals surface area contributed by atoms with E-state index in [1.165, 1.54) is 22.8 Å². The van der Waals surface area contributed by atoms with E-state index in [0.717, 1.165) is 28.6 Å². The van der Waals surface area contributed by atoms with Crippen molar-refractivity contribution in [2.24, 2.45) is 0 Å². The van der Waals surface area contributed by atoms with Crippen LogP contribution in [-0.2, 0) is 32.6 Å². The Balaban J connectivity index is 1.43. The summed E-state index contributed by atoms with van der Waals surface area (Å²) in [4.78, 5) is 25.3. The number of methoxy groups -OCH3 is 1. The molecule has 3 aromatic rings. The van der Waals surface area contributed by atoms with Gasteiger partial charge in [-0.2, -0.15) is 4.31 Å². The lowest BCUT2D eigenvalue weighted by Crippen LogP contribution is -2.27. The second kappa shape index (κ2) is 8.81. The normalized spacial score (nSPS) is 14.7. The molecule has 1 saturated heterocycles. The number of aromatic nitrogens is 1. The molecule has 0 saturated carbocycles. The molecule has 1 aromatic carbocycles. The van der Waals surface area contributed by atoms with Crippen molar-refractivity contribution < 1.29 is 22.7 Å². The van der Waals surface area contributed by atoms with E-state index in [4.69, 9.17) is 4.74 Å². The van der Waals surface area contributed by atoms with Crippen molar-refractivity contribution in [1.82, 2.24) is 14.2 Å². The van der Waals surface area contributed by atoms with Crippen LogP contribution in [0.3, 0.4) is 0 Å². The van der Waals surface area contributed by atoms with Crippen LogP contribution in [0.1, 0.15) is 28.1 Å². The highest BCUT2D eigenvalue weighted by Gasteiger charge is 2.28. The second-order valence-electron chi connectivity index (χ2n) is 7.29. The summed E-state index contributed by atoms with van der Waals surface area (Å²) in [7, 11) is -2.13. The van der Waals surface area contributed by atoms with Crippen LogP contribution in [0.5, 0.6) is 0 Å². The summed E-state index contributed by atoms with van der Waals surface area (Å²) in [5.41, 5.74) is 1.16. The zero-order valence-corrected chi connectivity index (χ0v) is 18.7. The lowest BCUT2D eigenvalue weighted by Gasteiger charge is -2.13. The van der Waals surface area contributed by atoms with Gasteiger partial charge >= 0.3 is 5.97 Å². The molecule has 1 N–H and O–H groups in total. The van der Waals surface area contributed by atoms with Crippen LogP contribution in [0.2, 0.25) is 0 Å². The molecule has 3 heterocycles. The fraction of sp³-hybridized carbons (Fsp3) is 0.333. The third kappa shape index (κ3) is 4.36. The van der Waals surface area contributed by atoms with Gasteiger partial charge in [-0.15, -0.1) is 11.3 Å². The molecule has 0 bridgehead atoms. The van der Waals surface area contributed by atoms with E-state index in [1.54, 1.807) is 22.9 Å². The Labute approximate surface area is 184 Å². The van der Waals surface area contributed by atoms with E-state index in [2.05, 4.69) is 5.32 Å². The molecule has 0 atom stereocenters. The molecular weight excluding hydrogens is 438 g/mol. The molecule has 0 radical (unpaired) electrons. The van der Waals surface area contributed by atoms with Gasteiger partial charge in [-0.05, 0) is 31.0 Å². The number of thiophene rings is 1. The number of nitrogens with zero attached hydrogens (tertiary/aromatic N) is 2. The number of hydrogen-bond donors (Lipinski definition) is 1. The first-order chi connectivity index (χ1) is 14.9. The average Bonchev–Trinajstić information content (AvgIpc) is 3.52. The number of nitrogens with one attached hydrogen (secondary N) is 1. The minimum Gasteiger partial charge on any atom is -0.465 e. The van der Waals surface area contributed by atoms with E-state index in [1.807, 2.05) is 24.3 Å². The van der Waals surface area contributed by atoms with Gasteiger partial charge in [0.1, 0.15) is 10.8 Å². The lowest BCUT2D eigenvalue weighted by molar-refractivity contribution is -0.121. The van der Waals surface area contributed by atoms with Gasteiger partial charge < -0.3 is 14.6 Å². The Morgan fingerprint density at radius 3 is 2.61 bits per heavy atom. The van der Waals surface area contributed by atoms with E-state index in [-0.39, 0.29) is 19.0 Å². The van der Waals surface area contributed by atoms with Crippen LogP contribution in [0.25, 0.3) is 10.9 Å². The molecule has 1 amide bonds. The number of carbonyl (C=O) groups excluding carboxylic acids is 2. The number of amides is 1. The number of hydrogen-bond acceptors (Lipinski definition) is 6. The predicted octanol–water partition coefficient (Wildman–Crippen LogP) is 2.59.